The van der Waals surface area contributed by atoms with Crippen LogP contribution >= 0.6 is 11.6 Å². The van der Waals surface area contributed by atoms with Gasteiger partial charge in [0.1, 0.15) is 22.8 Å². The lowest BCUT2D eigenvalue weighted by molar-refractivity contribution is 0.0846. The molecule has 1 heterocycles. The minimum absolute atomic E-state index is 0.0220. The highest BCUT2D eigenvalue weighted by Crippen LogP contribution is 2.33. The van der Waals surface area contributed by atoms with E-state index in [1.54, 1.807) is 24.3 Å². The normalized spacial score (nSPS) is 10.5. The largest absolute Gasteiger partial charge is 0.360 e. The van der Waals surface area contributed by atoms with E-state index in [4.69, 9.17) is 16.1 Å². The highest BCUT2D eigenvalue weighted by Gasteiger charge is 2.25. The quantitative estimate of drug-likeness (QED) is 0.669. The van der Waals surface area contributed by atoms with Gasteiger partial charge in [-0.05, 0) is 38.1 Å². The lowest BCUT2D eigenvalue weighted by Gasteiger charge is -2.09. The molecule has 0 unspecified atom stereocenters. The molecular weight excluding hydrogens is 373 g/mol. The maximum atomic E-state index is 14.2. The molecule has 2 aromatic carbocycles. The van der Waals surface area contributed by atoms with Gasteiger partial charge in [0, 0.05) is 5.56 Å². The monoisotopic (exact) mass is 387 g/mol. The second-order valence-electron chi connectivity index (χ2n) is 5.83. The third kappa shape index (κ3) is 3.83. The first-order valence-electron chi connectivity index (χ1n) is 7.96. The van der Waals surface area contributed by atoms with E-state index < -0.39 is 17.6 Å². The summed E-state index contributed by atoms with van der Waals surface area (Å²) in [5.74, 6) is -1.69. The summed E-state index contributed by atoms with van der Waals surface area (Å²) in [5, 5.41) is 3.83. The van der Waals surface area contributed by atoms with Crippen molar-refractivity contribution < 1.29 is 18.5 Å². The number of carbonyl (C=O) groups excluding carboxylic acids is 2. The van der Waals surface area contributed by atoms with Gasteiger partial charge in [-0.2, -0.15) is 0 Å². The van der Waals surface area contributed by atoms with E-state index in [1.165, 1.54) is 25.1 Å². The predicted octanol–water partition coefficient (Wildman–Crippen LogP) is 3.83. The first-order valence-corrected chi connectivity index (χ1v) is 8.34. The molecule has 0 radical (unpaired) electrons. The van der Waals surface area contributed by atoms with Crippen LogP contribution < -0.4 is 10.9 Å². The van der Waals surface area contributed by atoms with Crippen molar-refractivity contribution >= 4 is 23.4 Å². The van der Waals surface area contributed by atoms with Crippen LogP contribution in [0.25, 0.3) is 11.3 Å². The molecule has 0 aliphatic rings. The summed E-state index contributed by atoms with van der Waals surface area (Å²) in [6.07, 6.45) is 0. The smallest absolute Gasteiger partial charge is 0.275 e. The maximum absolute atomic E-state index is 14.2. The van der Waals surface area contributed by atoms with Crippen molar-refractivity contribution in [1.82, 2.24) is 16.0 Å². The Balaban J connectivity index is 1.83. The number of hydrogen-bond donors (Lipinski definition) is 2. The number of nitrogens with one attached hydrogen (secondary N) is 2. The summed E-state index contributed by atoms with van der Waals surface area (Å²) in [6.45, 7) is 3.40. The maximum Gasteiger partial charge on any atom is 0.275 e. The zero-order valence-corrected chi connectivity index (χ0v) is 15.2. The van der Waals surface area contributed by atoms with E-state index in [-0.39, 0.29) is 27.6 Å². The van der Waals surface area contributed by atoms with Crippen molar-refractivity contribution in [3.8, 4) is 11.3 Å². The molecule has 3 rings (SSSR count). The minimum Gasteiger partial charge on any atom is -0.360 e. The van der Waals surface area contributed by atoms with Crippen LogP contribution in [0.2, 0.25) is 5.02 Å². The number of aryl methyl sites for hydroxylation is 2. The van der Waals surface area contributed by atoms with Crippen LogP contribution in [0.5, 0.6) is 0 Å². The van der Waals surface area contributed by atoms with E-state index >= 15 is 0 Å². The van der Waals surface area contributed by atoms with Crippen LogP contribution in [-0.2, 0) is 0 Å². The van der Waals surface area contributed by atoms with Gasteiger partial charge in [-0.15, -0.1) is 0 Å². The van der Waals surface area contributed by atoms with Gasteiger partial charge in [-0.3, -0.25) is 20.4 Å². The molecule has 0 aliphatic heterocycles. The van der Waals surface area contributed by atoms with Crippen LogP contribution in [0, 0.1) is 19.7 Å². The number of rotatable bonds is 3. The summed E-state index contributed by atoms with van der Waals surface area (Å²) in [6, 6.07) is 10.9. The fourth-order valence-corrected chi connectivity index (χ4v) is 2.74. The average molecular weight is 388 g/mol. The number of halogens is 2. The number of benzene rings is 2. The number of carbonyl (C=O) groups is 2. The predicted molar refractivity (Wildman–Crippen MR) is 97.8 cm³/mol. The topological polar surface area (TPSA) is 84.2 Å². The van der Waals surface area contributed by atoms with Crippen LogP contribution in [0.4, 0.5) is 4.39 Å². The molecule has 3 aromatic rings. The number of nitrogens with zero attached hydrogens (tertiary/aromatic N) is 1. The second kappa shape index (κ2) is 7.59. The van der Waals surface area contributed by atoms with Gasteiger partial charge in [-0.1, -0.05) is 40.5 Å². The van der Waals surface area contributed by atoms with Crippen molar-refractivity contribution in [2.45, 2.75) is 13.8 Å². The van der Waals surface area contributed by atoms with E-state index in [0.717, 1.165) is 5.56 Å². The molecule has 2 N–H and O–H groups in total. The molecule has 6 nitrogen and oxygen atoms in total. The highest BCUT2D eigenvalue weighted by molar-refractivity contribution is 6.33. The molecule has 0 spiro atoms. The molecule has 27 heavy (non-hydrogen) atoms. The Hall–Kier alpha value is -3.19. The van der Waals surface area contributed by atoms with Crippen molar-refractivity contribution in [2.24, 2.45) is 0 Å². The molecule has 0 saturated heterocycles. The minimum atomic E-state index is -0.705. The second-order valence-corrected chi connectivity index (χ2v) is 6.24. The summed E-state index contributed by atoms with van der Waals surface area (Å²) in [7, 11) is 0. The molecule has 0 atom stereocenters. The molecule has 0 saturated carbocycles. The first kappa shape index (κ1) is 18.6. The van der Waals surface area contributed by atoms with Gasteiger partial charge in [0.05, 0.1) is 10.6 Å². The fourth-order valence-electron chi connectivity index (χ4n) is 2.49. The zero-order chi connectivity index (χ0) is 19.6. The van der Waals surface area contributed by atoms with Gasteiger partial charge < -0.3 is 4.52 Å². The molecule has 8 heteroatoms. The molecule has 1 aromatic heterocycles. The van der Waals surface area contributed by atoms with Crippen molar-refractivity contribution in [1.29, 1.82) is 0 Å². The Morgan fingerprint density at radius 2 is 1.70 bits per heavy atom. The molecule has 0 fully saturated rings. The number of hydrogen-bond acceptors (Lipinski definition) is 4. The van der Waals surface area contributed by atoms with Gasteiger partial charge in [0.2, 0.25) is 0 Å². The summed E-state index contributed by atoms with van der Waals surface area (Å²) in [5.41, 5.74) is 5.85. The van der Waals surface area contributed by atoms with Gasteiger partial charge in [-0.25, -0.2) is 4.39 Å². The van der Waals surface area contributed by atoms with E-state index in [9.17, 15) is 14.0 Å². The van der Waals surface area contributed by atoms with Crippen LogP contribution in [0.15, 0.2) is 47.0 Å². The van der Waals surface area contributed by atoms with E-state index in [2.05, 4.69) is 16.0 Å². The number of amides is 2. The Labute approximate surface area is 159 Å². The third-order valence-electron chi connectivity index (χ3n) is 3.89. The van der Waals surface area contributed by atoms with Crippen molar-refractivity contribution in [2.75, 3.05) is 0 Å². The molecule has 138 valence electrons. The van der Waals surface area contributed by atoms with Gasteiger partial charge in [0.15, 0.2) is 0 Å². The van der Waals surface area contributed by atoms with Gasteiger partial charge in [0.25, 0.3) is 11.8 Å². The van der Waals surface area contributed by atoms with Crippen LogP contribution in [-0.4, -0.2) is 17.0 Å². The Morgan fingerprint density at radius 3 is 2.37 bits per heavy atom. The fraction of sp³-hybridized carbons (Fsp3) is 0.105. The zero-order valence-electron chi connectivity index (χ0n) is 14.5. The summed E-state index contributed by atoms with van der Waals surface area (Å²) in [4.78, 5) is 24.7. The van der Waals surface area contributed by atoms with Crippen molar-refractivity contribution in [3.05, 3.63) is 75.8 Å². The lowest BCUT2D eigenvalue weighted by atomic mass is 10.1. The van der Waals surface area contributed by atoms with E-state index in [1.807, 2.05) is 6.92 Å². The highest BCUT2D eigenvalue weighted by atomic mass is 35.5. The molecule has 2 amide bonds. The Bertz CT molecular complexity index is 995. The SMILES string of the molecule is Cc1ccc(C(=O)NNC(=O)c2c(-c3c(F)cccc3Cl)noc2C)cc1. The molecule has 0 aliphatic carbocycles. The van der Waals surface area contributed by atoms with Crippen molar-refractivity contribution in [3.63, 3.8) is 0 Å². The average Bonchev–Trinajstić information content (AvgIpc) is 3.01. The number of aromatic nitrogens is 1. The first-order chi connectivity index (χ1) is 12.9. The molecular formula is C19H15ClFN3O3. The van der Waals surface area contributed by atoms with Crippen LogP contribution in [0.1, 0.15) is 32.0 Å². The Kier molecular flexibility index (Phi) is 5.23. The standard InChI is InChI=1S/C19H15ClFN3O3/c1-10-6-8-12(9-7-10)18(25)22-23-19(26)15-11(2)27-24-17(15)16-13(20)4-3-5-14(16)21/h3-9H,1-2H3,(H,22,25)(H,23,26). The lowest BCUT2D eigenvalue weighted by Crippen LogP contribution is -2.41. The van der Waals surface area contributed by atoms with Crippen LogP contribution in [0.3, 0.4) is 0 Å². The van der Waals surface area contributed by atoms with Gasteiger partial charge >= 0.3 is 0 Å². The third-order valence-corrected chi connectivity index (χ3v) is 4.21. The number of hydrazine groups is 1. The van der Waals surface area contributed by atoms with E-state index in [0.29, 0.717) is 5.56 Å². The summed E-state index contributed by atoms with van der Waals surface area (Å²) >= 11 is 6.05. The summed E-state index contributed by atoms with van der Waals surface area (Å²) < 4.78 is 19.2. The Morgan fingerprint density at radius 1 is 1.04 bits per heavy atom. The molecule has 0 bridgehead atoms.